The summed E-state index contributed by atoms with van der Waals surface area (Å²) in [6, 6.07) is 3.64. The summed E-state index contributed by atoms with van der Waals surface area (Å²) in [6.07, 6.45) is -9.62. The minimum absolute atomic E-state index is 0.214. The van der Waals surface area contributed by atoms with E-state index >= 15 is 0 Å². The summed E-state index contributed by atoms with van der Waals surface area (Å²) in [5.41, 5.74) is 4.42. The first-order valence-corrected chi connectivity index (χ1v) is 7.01. The molecule has 1 aromatic heterocycles. The van der Waals surface area contributed by atoms with Crippen molar-refractivity contribution in [3.63, 3.8) is 0 Å². The molecule has 28 heavy (non-hydrogen) atoms. The number of nitrogens with two attached hydrogens (primary N) is 1. The molecular formula is C15H9F6N3O4. The summed E-state index contributed by atoms with van der Waals surface area (Å²) in [5, 5.41) is 9.02. The number of carbonyl (C=O) groups is 1. The van der Waals surface area contributed by atoms with Crippen LogP contribution in [0.15, 0.2) is 24.4 Å². The Morgan fingerprint density at radius 2 is 1.68 bits per heavy atom. The van der Waals surface area contributed by atoms with Crippen molar-refractivity contribution in [1.82, 2.24) is 4.57 Å². The van der Waals surface area contributed by atoms with Crippen molar-refractivity contribution in [2.75, 3.05) is 12.8 Å². The van der Waals surface area contributed by atoms with Gasteiger partial charge in [-0.25, -0.2) is 4.79 Å². The van der Waals surface area contributed by atoms with Gasteiger partial charge in [0.05, 0.1) is 18.4 Å². The average Bonchev–Trinajstić information content (AvgIpc) is 2.89. The lowest BCUT2D eigenvalue weighted by atomic mass is 10.2. The summed E-state index contributed by atoms with van der Waals surface area (Å²) in [7, 11) is 0.990. The molecule has 0 saturated heterocycles. The number of alkyl halides is 6. The van der Waals surface area contributed by atoms with Crippen LogP contribution in [-0.2, 0) is 4.74 Å². The first-order chi connectivity index (χ1) is 12.9. The molecule has 0 amide bonds. The highest BCUT2D eigenvalue weighted by Crippen LogP contribution is 2.38. The number of hydrogen-bond acceptors (Lipinski definition) is 6. The quantitative estimate of drug-likeness (QED) is 0.613. The zero-order valence-electron chi connectivity index (χ0n) is 13.7. The number of carbonyl (C=O) groups excluding carboxylic acids is 1. The normalized spacial score (nSPS) is 11.6. The van der Waals surface area contributed by atoms with Crippen LogP contribution in [0.3, 0.4) is 0 Å². The minimum Gasteiger partial charge on any atom is -0.464 e. The molecule has 0 aliphatic heterocycles. The van der Waals surface area contributed by atoms with Crippen LogP contribution in [0, 0.1) is 11.3 Å². The molecule has 0 bridgehead atoms. The van der Waals surface area contributed by atoms with Gasteiger partial charge in [-0.1, -0.05) is 0 Å². The van der Waals surface area contributed by atoms with E-state index in [0.717, 1.165) is 23.9 Å². The van der Waals surface area contributed by atoms with E-state index in [2.05, 4.69) is 14.2 Å². The van der Waals surface area contributed by atoms with Crippen LogP contribution < -0.4 is 15.2 Å². The van der Waals surface area contributed by atoms with E-state index in [0.29, 0.717) is 12.1 Å². The lowest BCUT2D eigenvalue weighted by Gasteiger charge is -2.17. The fourth-order valence-electron chi connectivity index (χ4n) is 2.18. The van der Waals surface area contributed by atoms with E-state index in [4.69, 9.17) is 11.0 Å². The molecule has 0 unspecified atom stereocenters. The number of benzene rings is 1. The second kappa shape index (κ2) is 7.22. The Hall–Kier alpha value is -3.56. The number of hydrogen-bond donors (Lipinski definition) is 1. The maximum atomic E-state index is 12.6. The van der Waals surface area contributed by atoms with Crippen molar-refractivity contribution >= 4 is 11.7 Å². The van der Waals surface area contributed by atoms with Crippen LogP contribution in [0.25, 0.3) is 5.69 Å². The molecule has 0 aliphatic rings. The number of ether oxygens (including phenoxy) is 3. The molecule has 0 aliphatic carbocycles. The molecule has 2 aromatic rings. The van der Waals surface area contributed by atoms with Gasteiger partial charge in [0, 0.05) is 18.0 Å². The van der Waals surface area contributed by atoms with Gasteiger partial charge in [0.2, 0.25) is 0 Å². The van der Waals surface area contributed by atoms with Crippen molar-refractivity contribution in [3.05, 3.63) is 35.7 Å². The van der Waals surface area contributed by atoms with Crippen molar-refractivity contribution in [2.45, 2.75) is 12.7 Å². The zero-order valence-corrected chi connectivity index (χ0v) is 13.7. The maximum absolute atomic E-state index is 12.6. The van der Waals surface area contributed by atoms with Gasteiger partial charge < -0.3 is 24.5 Å². The summed E-state index contributed by atoms with van der Waals surface area (Å²) >= 11 is 0. The Labute approximate surface area is 152 Å². The van der Waals surface area contributed by atoms with Crippen LogP contribution >= 0.6 is 0 Å². The number of nitriles is 1. The topological polar surface area (TPSA) is 99.5 Å². The summed E-state index contributed by atoms with van der Waals surface area (Å²) in [4.78, 5) is 11.9. The number of rotatable bonds is 4. The molecule has 0 atom stereocenters. The number of halogens is 6. The molecule has 13 heteroatoms. The Balaban J connectivity index is 2.66. The minimum atomic E-state index is -5.33. The largest absolute Gasteiger partial charge is 0.573 e. The van der Waals surface area contributed by atoms with Gasteiger partial charge in [-0.3, -0.25) is 0 Å². The molecular weight excluding hydrogens is 400 g/mol. The smallest absolute Gasteiger partial charge is 0.464 e. The molecule has 0 saturated carbocycles. The lowest BCUT2D eigenvalue weighted by Crippen LogP contribution is -2.21. The van der Waals surface area contributed by atoms with Gasteiger partial charge in [0.1, 0.15) is 6.07 Å². The first kappa shape index (κ1) is 20.7. The summed E-state index contributed by atoms with van der Waals surface area (Å²) in [5.74, 6) is -3.63. The van der Waals surface area contributed by atoms with Crippen LogP contribution in [0.4, 0.5) is 32.0 Å². The second-order valence-electron chi connectivity index (χ2n) is 5.01. The van der Waals surface area contributed by atoms with Crippen molar-refractivity contribution in [2.24, 2.45) is 0 Å². The third-order valence-corrected chi connectivity index (χ3v) is 3.20. The Kier molecular flexibility index (Phi) is 5.35. The monoisotopic (exact) mass is 409 g/mol. The molecule has 0 fully saturated rings. The number of esters is 1. The highest BCUT2D eigenvalue weighted by molar-refractivity contribution is 5.96. The summed E-state index contributed by atoms with van der Waals surface area (Å²) in [6.45, 7) is 0. The molecule has 1 aromatic carbocycles. The second-order valence-corrected chi connectivity index (χ2v) is 5.01. The SMILES string of the molecule is COC(=O)c1c(N)c(C#N)cn1-c1ccc(OC(F)(F)F)c(OC(F)(F)F)c1. The first-order valence-electron chi connectivity index (χ1n) is 7.01. The van der Waals surface area contributed by atoms with Gasteiger partial charge in [-0.05, 0) is 12.1 Å². The Bertz CT molecular complexity index is 943. The zero-order chi connectivity index (χ0) is 21.3. The molecule has 150 valence electrons. The van der Waals surface area contributed by atoms with E-state index in [1.165, 1.54) is 0 Å². The Morgan fingerprint density at radius 3 is 2.18 bits per heavy atom. The van der Waals surface area contributed by atoms with Gasteiger partial charge in [0.25, 0.3) is 0 Å². The van der Waals surface area contributed by atoms with Gasteiger partial charge in [-0.2, -0.15) is 5.26 Å². The van der Waals surface area contributed by atoms with Gasteiger partial charge >= 0.3 is 18.7 Å². The van der Waals surface area contributed by atoms with Crippen LogP contribution in [0.1, 0.15) is 16.1 Å². The van der Waals surface area contributed by atoms with Crippen LogP contribution in [0.5, 0.6) is 11.5 Å². The number of anilines is 1. The standard InChI is InChI=1S/C15H9F6N3O4/c1-26-13(25)12-11(23)7(5-22)6-24(12)8-2-3-9(27-14(16,17)18)10(4-8)28-15(19,20)21/h2-4,6H,23H2,1H3. The Morgan fingerprint density at radius 1 is 1.11 bits per heavy atom. The molecule has 1 heterocycles. The maximum Gasteiger partial charge on any atom is 0.573 e. The van der Waals surface area contributed by atoms with Crippen LogP contribution in [0.2, 0.25) is 0 Å². The van der Waals surface area contributed by atoms with Crippen molar-refractivity contribution in [1.29, 1.82) is 5.26 Å². The highest BCUT2D eigenvalue weighted by atomic mass is 19.4. The van der Waals surface area contributed by atoms with E-state index in [9.17, 15) is 31.1 Å². The number of aromatic nitrogens is 1. The highest BCUT2D eigenvalue weighted by Gasteiger charge is 2.37. The number of methoxy groups -OCH3 is 1. The van der Waals surface area contributed by atoms with Crippen molar-refractivity contribution < 1.29 is 45.3 Å². The van der Waals surface area contributed by atoms with Gasteiger partial charge in [-0.15, -0.1) is 26.3 Å². The predicted octanol–water partition coefficient (Wildman–Crippen LogP) is 3.51. The third kappa shape index (κ3) is 4.58. The predicted molar refractivity (Wildman–Crippen MR) is 79.6 cm³/mol. The molecule has 2 N–H and O–H groups in total. The molecule has 0 spiro atoms. The average molecular weight is 409 g/mol. The van der Waals surface area contributed by atoms with Crippen LogP contribution in [-0.4, -0.2) is 30.4 Å². The summed E-state index contributed by atoms with van der Waals surface area (Å²) < 4.78 is 87.4. The molecule has 7 nitrogen and oxygen atoms in total. The molecule has 2 rings (SSSR count). The van der Waals surface area contributed by atoms with Gasteiger partial charge in [0.15, 0.2) is 17.2 Å². The van der Waals surface area contributed by atoms with Crippen molar-refractivity contribution in [3.8, 4) is 23.3 Å². The number of nitrogens with zero attached hydrogens (tertiary/aromatic N) is 2. The van der Waals surface area contributed by atoms with E-state index in [-0.39, 0.29) is 16.9 Å². The fraction of sp³-hybridized carbons (Fsp3) is 0.200. The fourth-order valence-corrected chi connectivity index (χ4v) is 2.18. The van der Waals surface area contributed by atoms with E-state index in [1.54, 1.807) is 6.07 Å². The third-order valence-electron chi connectivity index (χ3n) is 3.20. The lowest BCUT2D eigenvalue weighted by molar-refractivity contribution is -0.287. The van der Waals surface area contributed by atoms with E-state index < -0.39 is 35.9 Å². The number of nitrogen functional groups attached to an aromatic ring is 1. The molecule has 0 radical (unpaired) electrons. The van der Waals surface area contributed by atoms with E-state index in [1.807, 2.05) is 0 Å².